The van der Waals surface area contributed by atoms with Crippen LogP contribution in [0.1, 0.15) is 29.3 Å². The molecule has 4 rings (SSSR count). The standard InChI is InChI=1S/C24H24N4O/c1-3-15-28-22(26-21-13-8-14-25-23(21)28)19-11-7-12-20(16-19)24(29)27(2)17-18-9-5-4-6-10-18/h4-14,16H,3,15,17H2,1-2H3. The Balaban J connectivity index is 1.66. The first-order valence-electron chi connectivity index (χ1n) is 9.88. The van der Waals surface area contributed by atoms with E-state index < -0.39 is 0 Å². The van der Waals surface area contributed by atoms with Gasteiger partial charge in [-0.2, -0.15) is 0 Å². The van der Waals surface area contributed by atoms with Gasteiger partial charge in [0.25, 0.3) is 5.91 Å². The SMILES string of the molecule is CCCn1c(-c2cccc(C(=O)N(C)Cc3ccccc3)c2)nc2cccnc21. The largest absolute Gasteiger partial charge is 0.337 e. The molecule has 2 heterocycles. The molecular weight excluding hydrogens is 360 g/mol. The van der Waals surface area contributed by atoms with Crippen molar-refractivity contribution < 1.29 is 4.79 Å². The van der Waals surface area contributed by atoms with Gasteiger partial charge in [-0.3, -0.25) is 4.79 Å². The highest BCUT2D eigenvalue weighted by molar-refractivity contribution is 5.95. The van der Waals surface area contributed by atoms with Crippen molar-refractivity contribution in [2.45, 2.75) is 26.4 Å². The minimum absolute atomic E-state index is 0.00743. The quantitative estimate of drug-likeness (QED) is 0.481. The number of aromatic nitrogens is 3. The molecule has 5 heteroatoms. The molecule has 0 saturated carbocycles. The van der Waals surface area contributed by atoms with E-state index in [2.05, 4.69) is 16.5 Å². The van der Waals surface area contributed by atoms with Gasteiger partial charge in [0.15, 0.2) is 5.65 Å². The molecule has 5 nitrogen and oxygen atoms in total. The molecule has 0 bridgehead atoms. The molecule has 1 amide bonds. The smallest absolute Gasteiger partial charge is 0.253 e. The van der Waals surface area contributed by atoms with Gasteiger partial charge in [-0.05, 0) is 36.2 Å². The minimum atomic E-state index is -0.00743. The van der Waals surface area contributed by atoms with Gasteiger partial charge < -0.3 is 9.47 Å². The van der Waals surface area contributed by atoms with Crippen LogP contribution in [0.15, 0.2) is 72.9 Å². The Morgan fingerprint density at radius 3 is 2.66 bits per heavy atom. The lowest BCUT2D eigenvalue weighted by atomic mass is 10.1. The highest BCUT2D eigenvalue weighted by Crippen LogP contribution is 2.25. The normalized spacial score (nSPS) is 11.0. The number of benzene rings is 2. The number of rotatable bonds is 6. The summed E-state index contributed by atoms with van der Waals surface area (Å²) in [4.78, 5) is 24.0. The lowest BCUT2D eigenvalue weighted by molar-refractivity contribution is 0.0785. The first kappa shape index (κ1) is 18.9. The van der Waals surface area contributed by atoms with Crippen molar-refractivity contribution in [1.29, 1.82) is 0 Å². The van der Waals surface area contributed by atoms with Crippen LogP contribution in [0.25, 0.3) is 22.6 Å². The molecular formula is C24H24N4O. The molecule has 0 atom stereocenters. The van der Waals surface area contributed by atoms with Crippen molar-refractivity contribution in [3.63, 3.8) is 0 Å². The fraction of sp³-hybridized carbons (Fsp3) is 0.208. The fourth-order valence-electron chi connectivity index (χ4n) is 3.56. The zero-order valence-corrected chi connectivity index (χ0v) is 16.7. The predicted octanol–water partition coefficient (Wildman–Crippen LogP) is 4.78. The number of hydrogen-bond donors (Lipinski definition) is 0. The first-order chi connectivity index (χ1) is 14.2. The Kier molecular flexibility index (Phi) is 5.38. The van der Waals surface area contributed by atoms with Crippen molar-refractivity contribution in [1.82, 2.24) is 19.4 Å². The summed E-state index contributed by atoms with van der Waals surface area (Å²) in [6.45, 7) is 3.54. The molecule has 0 fully saturated rings. The molecule has 0 saturated heterocycles. The lowest BCUT2D eigenvalue weighted by Crippen LogP contribution is -2.26. The molecule has 146 valence electrons. The zero-order valence-electron chi connectivity index (χ0n) is 16.7. The maximum atomic E-state index is 13.0. The topological polar surface area (TPSA) is 51.0 Å². The van der Waals surface area contributed by atoms with Crippen molar-refractivity contribution in [2.24, 2.45) is 0 Å². The van der Waals surface area contributed by atoms with E-state index in [1.54, 1.807) is 11.1 Å². The number of hydrogen-bond acceptors (Lipinski definition) is 3. The summed E-state index contributed by atoms with van der Waals surface area (Å²) in [7, 11) is 1.83. The predicted molar refractivity (Wildman–Crippen MR) is 115 cm³/mol. The van der Waals surface area contributed by atoms with Crippen LogP contribution < -0.4 is 0 Å². The Morgan fingerprint density at radius 1 is 1.03 bits per heavy atom. The molecule has 29 heavy (non-hydrogen) atoms. The number of aryl methyl sites for hydroxylation is 1. The van der Waals surface area contributed by atoms with E-state index >= 15 is 0 Å². The number of amides is 1. The molecule has 0 aliphatic heterocycles. The molecule has 2 aromatic heterocycles. The van der Waals surface area contributed by atoms with Crippen molar-refractivity contribution in [3.8, 4) is 11.4 Å². The summed E-state index contributed by atoms with van der Waals surface area (Å²) < 4.78 is 2.13. The van der Waals surface area contributed by atoms with Gasteiger partial charge in [-0.15, -0.1) is 0 Å². The molecule has 4 aromatic rings. The third-order valence-electron chi connectivity index (χ3n) is 4.93. The second-order valence-electron chi connectivity index (χ2n) is 7.16. The van der Waals surface area contributed by atoms with Crippen molar-refractivity contribution in [2.75, 3.05) is 7.05 Å². The highest BCUT2D eigenvalue weighted by atomic mass is 16.2. The molecule has 0 aliphatic carbocycles. The molecule has 0 unspecified atom stereocenters. The number of nitrogens with zero attached hydrogens (tertiary/aromatic N) is 4. The van der Waals surface area contributed by atoms with E-state index in [0.717, 1.165) is 41.1 Å². The summed E-state index contributed by atoms with van der Waals surface area (Å²) in [5, 5.41) is 0. The van der Waals surface area contributed by atoms with Crippen LogP contribution in [0.5, 0.6) is 0 Å². The van der Waals surface area contributed by atoms with E-state index in [1.165, 1.54) is 0 Å². The van der Waals surface area contributed by atoms with Crippen LogP contribution in [-0.4, -0.2) is 32.4 Å². The summed E-state index contributed by atoms with van der Waals surface area (Å²) >= 11 is 0. The maximum absolute atomic E-state index is 13.0. The van der Waals surface area contributed by atoms with Gasteiger partial charge >= 0.3 is 0 Å². The van der Waals surface area contributed by atoms with E-state index in [1.807, 2.05) is 73.8 Å². The van der Waals surface area contributed by atoms with Crippen LogP contribution >= 0.6 is 0 Å². The Hall–Kier alpha value is -3.47. The van der Waals surface area contributed by atoms with Gasteiger partial charge in [-0.1, -0.05) is 49.4 Å². The Morgan fingerprint density at radius 2 is 1.86 bits per heavy atom. The molecule has 2 aromatic carbocycles. The monoisotopic (exact) mass is 384 g/mol. The molecule has 0 radical (unpaired) electrons. The van der Waals surface area contributed by atoms with Crippen LogP contribution in [0.2, 0.25) is 0 Å². The average molecular weight is 384 g/mol. The van der Waals surface area contributed by atoms with E-state index in [4.69, 9.17) is 4.98 Å². The second kappa shape index (κ2) is 8.27. The molecule has 0 N–H and O–H groups in total. The summed E-state index contributed by atoms with van der Waals surface area (Å²) in [6, 6.07) is 21.6. The molecule has 0 aliphatic rings. The second-order valence-corrected chi connectivity index (χ2v) is 7.16. The summed E-state index contributed by atoms with van der Waals surface area (Å²) in [6.07, 6.45) is 2.77. The number of fused-ring (bicyclic) bond motifs is 1. The van der Waals surface area contributed by atoms with Gasteiger partial charge in [-0.25, -0.2) is 9.97 Å². The first-order valence-corrected chi connectivity index (χ1v) is 9.88. The van der Waals surface area contributed by atoms with E-state index in [9.17, 15) is 4.79 Å². The number of carbonyl (C=O) groups is 1. The third-order valence-corrected chi connectivity index (χ3v) is 4.93. The molecule has 0 spiro atoms. The average Bonchev–Trinajstić information content (AvgIpc) is 3.13. The van der Waals surface area contributed by atoms with Gasteiger partial charge in [0, 0.05) is 37.5 Å². The maximum Gasteiger partial charge on any atom is 0.253 e. The fourth-order valence-corrected chi connectivity index (χ4v) is 3.56. The van der Waals surface area contributed by atoms with Crippen LogP contribution in [0.3, 0.4) is 0 Å². The number of imidazole rings is 1. The van der Waals surface area contributed by atoms with Crippen molar-refractivity contribution >= 4 is 17.1 Å². The summed E-state index contributed by atoms with van der Waals surface area (Å²) in [5.41, 5.74) is 4.44. The van der Waals surface area contributed by atoms with Crippen LogP contribution in [-0.2, 0) is 13.1 Å². The number of carbonyl (C=O) groups excluding carboxylic acids is 1. The highest BCUT2D eigenvalue weighted by Gasteiger charge is 2.16. The third kappa shape index (κ3) is 3.90. The Bertz CT molecular complexity index is 1130. The van der Waals surface area contributed by atoms with E-state index in [0.29, 0.717) is 12.1 Å². The lowest BCUT2D eigenvalue weighted by Gasteiger charge is -2.18. The minimum Gasteiger partial charge on any atom is -0.337 e. The number of pyridine rings is 1. The van der Waals surface area contributed by atoms with Gasteiger partial charge in [0.05, 0.1) is 0 Å². The van der Waals surface area contributed by atoms with Gasteiger partial charge in [0.1, 0.15) is 11.3 Å². The van der Waals surface area contributed by atoms with Crippen LogP contribution in [0.4, 0.5) is 0 Å². The Labute approximate surface area is 170 Å². The van der Waals surface area contributed by atoms with Crippen molar-refractivity contribution in [3.05, 3.63) is 84.1 Å². The summed E-state index contributed by atoms with van der Waals surface area (Å²) in [5.74, 6) is 0.841. The van der Waals surface area contributed by atoms with Crippen LogP contribution in [0, 0.1) is 0 Å². The van der Waals surface area contributed by atoms with Gasteiger partial charge in [0.2, 0.25) is 0 Å². The zero-order chi connectivity index (χ0) is 20.2. The van der Waals surface area contributed by atoms with E-state index in [-0.39, 0.29) is 5.91 Å².